The van der Waals surface area contributed by atoms with Gasteiger partial charge in [0.2, 0.25) is 0 Å². The minimum Gasteiger partial charge on any atom is -0.444 e. The van der Waals surface area contributed by atoms with Crippen LogP contribution in [0.3, 0.4) is 0 Å². The molecule has 1 unspecified atom stereocenters. The number of nitrogens with one attached hydrogen (secondary N) is 2. The van der Waals surface area contributed by atoms with Gasteiger partial charge in [0.25, 0.3) is 0 Å². The Labute approximate surface area is 203 Å². The number of carbonyl (C=O) groups is 1. The predicted octanol–water partition coefficient (Wildman–Crippen LogP) is 4.31. The van der Waals surface area contributed by atoms with Gasteiger partial charge in [-0.1, -0.05) is 20.8 Å². The number of thiazole rings is 1. The zero-order valence-electron chi connectivity index (χ0n) is 19.7. The minimum atomic E-state index is -0.496. The molecule has 0 aliphatic heterocycles. The molecule has 0 aromatic carbocycles. The van der Waals surface area contributed by atoms with Crippen molar-refractivity contribution in [2.24, 2.45) is 10.9 Å². The predicted molar refractivity (Wildman–Crippen MR) is 137 cm³/mol. The van der Waals surface area contributed by atoms with Crippen LogP contribution in [0, 0.1) is 5.92 Å². The number of guanidine groups is 1. The van der Waals surface area contributed by atoms with Gasteiger partial charge in [0.15, 0.2) is 5.96 Å². The van der Waals surface area contributed by atoms with Crippen LogP contribution in [-0.2, 0) is 17.6 Å². The Morgan fingerprint density at radius 2 is 2.03 bits per heavy atom. The van der Waals surface area contributed by atoms with Crippen molar-refractivity contribution in [3.8, 4) is 0 Å². The number of aromatic nitrogens is 1. The van der Waals surface area contributed by atoms with Crippen LogP contribution in [0.1, 0.15) is 57.8 Å². The zero-order valence-corrected chi connectivity index (χ0v) is 22.9. The van der Waals surface area contributed by atoms with Gasteiger partial charge in [-0.15, -0.1) is 35.3 Å². The van der Waals surface area contributed by atoms with Gasteiger partial charge in [-0.2, -0.15) is 0 Å². The fourth-order valence-corrected chi connectivity index (χ4v) is 3.62. The van der Waals surface area contributed by atoms with Crippen LogP contribution in [0.5, 0.6) is 0 Å². The Morgan fingerprint density at radius 3 is 2.53 bits per heavy atom. The molecule has 9 heteroatoms. The van der Waals surface area contributed by atoms with Gasteiger partial charge in [-0.3, -0.25) is 4.99 Å². The van der Waals surface area contributed by atoms with Crippen LogP contribution in [0.25, 0.3) is 0 Å². The summed E-state index contributed by atoms with van der Waals surface area (Å²) in [5.74, 6) is 1.15. The van der Waals surface area contributed by atoms with E-state index < -0.39 is 5.60 Å². The van der Waals surface area contributed by atoms with Crippen molar-refractivity contribution in [2.45, 2.75) is 72.4 Å². The van der Waals surface area contributed by atoms with Crippen LogP contribution >= 0.6 is 35.3 Å². The molecule has 7 nitrogen and oxygen atoms in total. The first kappa shape index (κ1) is 28.9. The lowest BCUT2D eigenvalue weighted by Gasteiger charge is -2.28. The summed E-state index contributed by atoms with van der Waals surface area (Å²) in [6, 6.07) is 0.0354. The van der Waals surface area contributed by atoms with Gasteiger partial charge in [-0.05, 0) is 39.5 Å². The molecule has 0 aliphatic carbocycles. The second-order valence-electron chi connectivity index (χ2n) is 8.50. The second kappa shape index (κ2) is 14.1. The standard InChI is InChI=1S/C21H39N5O2S.HI/c1-9-16-14-24-18(29-16)10-12-23-19(22-7)26(8)13-11-17(15(2)3)25-20(27)28-21(4,5)6;/h14-15,17H,9-13H2,1-8H3,(H,22,23)(H,25,27);1H. The van der Waals surface area contributed by atoms with E-state index in [1.54, 1.807) is 18.4 Å². The lowest BCUT2D eigenvalue weighted by atomic mass is 10.0. The number of amides is 1. The maximum Gasteiger partial charge on any atom is 0.407 e. The third-order valence-electron chi connectivity index (χ3n) is 4.43. The number of alkyl carbamates (subject to hydrolysis) is 1. The molecule has 1 heterocycles. The Hall–Kier alpha value is -1.10. The Bertz CT molecular complexity index is 658. The minimum absolute atomic E-state index is 0. The van der Waals surface area contributed by atoms with E-state index in [-0.39, 0.29) is 36.1 Å². The Morgan fingerprint density at radius 1 is 1.37 bits per heavy atom. The number of ether oxygens (including phenoxy) is 1. The topological polar surface area (TPSA) is 78.9 Å². The first-order valence-corrected chi connectivity index (χ1v) is 11.2. The average molecular weight is 554 g/mol. The highest BCUT2D eigenvalue weighted by Gasteiger charge is 2.22. The van der Waals surface area contributed by atoms with E-state index in [2.05, 4.69) is 46.3 Å². The molecular weight excluding hydrogens is 513 g/mol. The monoisotopic (exact) mass is 553 g/mol. The molecule has 2 N–H and O–H groups in total. The van der Waals surface area contributed by atoms with Gasteiger partial charge >= 0.3 is 6.09 Å². The summed E-state index contributed by atoms with van der Waals surface area (Å²) in [7, 11) is 3.80. The van der Waals surface area contributed by atoms with Crippen molar-refractivity contribution >= 4 is 47.4 Å². The van der Waals surface area contributed by atoms with Crippen LogP contribution in [0.2, 0.25) is 0 Å². The van der Waals surface area contributed by atoms with Crippen molar-refractivity contribution in [3.63, 3.8) is 0 Å². The van der Waals surface area contributed by atoms with Gasteiger partial charge < -0.3 is 20.3 Å². The number of halogens is 1. The average Bonchev–Trinajstić information content (AvgIpc) is 3.08. The highest BCUT2D eigenvalue weighted by atomic mass is 127. The molecule has 174 valence electrons. The number of aryl methyl sites for hydroxylation is 1. The molecule has 0 saturated carbocycles. The van der Waals surface area contributed by atoms with E-state index in [0.29, 0.717) is 5.92 Å². The first-order chi connectivity index (χ1) is 13.6. The van der Waals surface area contributed by atoms with Crippen molar-refractivity contribution in [2.75, 3.05) is 27.2 Å². The van der Waals surface area contributed by atoms with E-state index in [0.717, 1.165) is 43.3 Å². The molecule has 1 aromatic heterocycles. The third kappa shape index (κ3) is 11.3. The van der Waals surface area contributed by atoms with E-state index in [4.69, 9.17) is 4.74 Å². The molecule has 30 heavy (non-hydrogen) atoms. The fraction of sp³-hybridized carbons (Fsp3) is 0.762. The van der Waals surface area contributed by atoms with Crippen LogP contribution in [0.15, 0.2) is 11.2 Å². The van der Waals surface area contributed by atoms with E-state index >= 15 is 0 Å². The van der Waals surface area contributed by atoms with Crippen molar-refractivity contribution in [1.29, 1.82) is 0 Å². The quantitative estimate of drug-likeness (QED) is 0.271. The first-order valence-electron chi connectivity index (χ1n) is 10.4. The molecule has 1 amide bonds. The zero-order chi connectivity index (χ0) is 22.0. The van der Waals surface area contributed by atoms with E-state index in [9.17, 15) is 4.79 Å². The maximum atomic E-state index is 12.1. The smallest absolute Gasteiger partial charge is 0.407 e. The van der Waals surface area contributed by atoms with Crippen molar-refractivity contribution < 1.29 is 9.53 Å². The molecule has 0 spiro atoms. The van der Waals surface area contributed by atoms with Gasteiger partial charge in [0.1, 0.15) is 5.60 Å². The Balaban J connectivity index is 0.00000841. The number of rotatable bonds is 9. The summed E-state index contributed by atoms with van der Waals surface area (Å²) in [6.07, 6.45) is 4.32. The van der Waals surface area contributed by atoms with Gasteiger partial charge in [0, 0.05) is 50.7 Å². The highest BCUT2D eigenvalue weighted by molar-refractivity contribution is 14.0. The Kier molecular flexibility index (Phi) is 13.5. The SMILES string of the molecule is CCc1cnc(CCNC(=NC)N(C)CCC(NC(=O)OC(C)(C)C)C(C)C)s1.I. The number of aliphatic imine (C=N–C) groups is 1. The molecule has 1 atom stereocenters. The van der Waals surface area contributed by atoms with E-state index in [1.807, 2.05) is 34.0 Å². The maximum absolute atomic E-state index is 12.1. The number of nitrogens with zero attached hydrogens (tertiary/aromatic N) is 3. The lowest BCUT2D eigenvalue weighted by Crippen LogP contribution is -2.45. The summed E-state index contributed by atoms with van der Waals surface area (Å²) >= 11 is 1.77. The number of hydrogen-bond donors (Lipinski definition) is 2. The van der Waals surface area contributed by atoms with Crippen LogP contribution in [-0.4, -0.2) is 60.8 Å². The normalized spacial score (nSPS) is 12.9. The van der Waals surface area contributed by atoms with Crippen molar-refractivity contribution in [1.82, 2.24) is 20.5 Å². The molecule has 0 bridgehead atoms. The van der Waals surface area contributed by atoms with Gasteiger partial charge in [-0.25, -0.2) is 9.78 Å². The third-order valence-corrected chi connectivity index (χ3v) is 5.63. The molecule has 0 saturated heterocycles. The second-order valence-corrected chi connectivity index (χ2v) is 9.70. The van der Waals surface area contributed by atoms with Crippen molar-refractivity contribution in [3.05, 3.63) is 16.1 Å². The lowest BCUT2D eigenvalue weighted by molar-refractivity contribution is 0.0486. The molecule has 0 radical (unpaired) electrons. The highest BCUT2D eigenvalue weighted by Crippen LogP contribution is 2.13. The van der Waals surface area contributed by atoms with Gasteiger partial charge in [0.05, 0.1) is 5.01 Å². The summed E-state index contributed by atoms with van der Waals surface area (Å²) in [5, 5.41) is 7.55. The molecule has 1 rings (SSSR count). The van der Waals surface area contributed by atoms with Crippen LogP contribution < -0.4 is 10.6 Å². The number of hydrogen-bond acceptors (Lipinski definition) is 5. The molecular formula is C21H40IN5O2S. The summed E-state index contributed by atoms with van der Waals surface area (Å²) < 4.78 is 5.39. The summed E-state index contributed by atoms with van der Waals surface area (Å²) in [5.41, 5.74) is -0.496. The fourth-order valence-electron chi connectivity index (χ4n) is 2.76. The summed E-state index contributed by atoms with van der Waals surface area (Å²) in [4.78, 5) is 24.4. The van der Waals surface area contributed by atoms with Crippen LogP contribution in [0.4, 0.5) is 4.79 Å². The largest absolute Gasteiger partial charge is 0.444 e. The molecule has 0 fully saturated rings. The number of carbonyl (C=O) groups excluding carboxylic acids is 1. The molecule has 1 aromatic rings. The molecule has 0 aliphatic rings. The van der Waals surface area contributed by atoms with E-state index in [1.165, 1.54) is 4.88 Å². The summed E-state index contributed by atoms with van der Waals surface area (Å²) in [6.45, 7) is 13.5.